The minimum atomic E-state index is 0.290. The number of carbonyl (C=O) groups excluding carboxylic acids is 1. The van der Waals surface area contributed by atoms with Crippen LogP contribution in [0, 0.1) is 18.8 Å². The van der Waals surface area contributed by atoms with Gasteiger partial charge in [-0.3, -0.25) is 9.69 Å². The van der Waals surface area contributed by atoms with Gasteiger partial charge in [-0.05, 0) is 63.8 Å². The number of ether oxygens (including phenoxy) is 1. The van der Waals surface area contributed by atoms with E-state index >= 15 is 0 Å². The number of piperidine rings is 1. The van der Waals surface area contributed by atoms with Gasteiger partial charge in [0, 0.05) is 50.7 Å². The van der Waals surface area contributed by atoms with Crippen LogP contribution < -0.4 is 4.90 Å². The molecule has 0 radical (unpaired) electrons. The van der Waals surface area contributed by atoms with E-state index in [4.69, 9.17) is 14.2 Å². The minimum absolute atomic E-state index is 0.290. The van der Waals surface area contributed by atoms with Crippen molar-refractivity contribution in [3.8, 4) is 0 Å². The fourth-order valence-corrected chi connectivity index (χ4v) is 7.14. The fourth-order valence-electron chi connectivity index (χ4n) is 6.05. The Morgan fingerprint density at radius 2 is 2.03 bits per heavy atom. The number of ketones is 1. The Kier molecular flexibility index (Phi) is 8.20. The maximum absolute atomic E-state index is 12.4. The number of hydrogen-bond acceptors (Lipinski definition) is 8. The SMILES string of the molecule is COC1CCCN(c2nc3c(s2)CCN(CCC2CCC(CC(=O)Cc4cc(C)no4)CC2)C3)C1. The lowest BCUT2D eigenvalue weighted by molar-refractivity contribution is -0.119. The van der Waals surface area contributed by atoms with Crippen molar-refractivity contribution in [3.05, 3.63) is 28.1 Å². The Morgan fingerprint density at radius 1 is 1.20 bits per heavy atom. The first kappa shape index (κ1) is 24.9. The summed E-state index contributed by atoms with van der Waals surface area (Å²) in [5.41, 5.74) is 2.15. The normalized spacial score (nSPS) is 25.5. The molecule has 3 aliphatic rings. The van der Waals surface area contributed by atoms with Gasteiger partial charge in [0.25, 0.3) is 0 Å². The summed E-state index contributed by atoms with van der Waals surface area (Å²) in [6.07, 6.45) is 11.1. The Morgan fingerprint density at radius 3 is 2.80 bits per heavy atom. The first-order chi connectivity index (χ1) is 17.1. The predicted molar refractivity (Wildman–Crippen MR) is 138 cm³/mol. The highest BCUT2D eigenvalue weighted by atomic mass is 32.1. The van der Waals surface area contributed by atoms with E-state index in [1.807, 2.05) is 31.4 Å². The highest BCUT2D eigenvalue weighted by Crippen LogP contribution is 2.35. The maximum Gasteiger partial charge on any atom is 0.185 e. The van der Waals surface area contributed by atoms with Gasteiger partial charge < -0.3 is 14.2 Å². The molecule has 2 aliphatic heterocycles. The van der Waals surface area contributed by atoms with Crippen LogP contribution in [0.2, 0.25) is 0 Å². The van der Waals surface area contributed by atoms with E-state index in [1.54, 1.807) is 0 Å². The van der Waals surface area contributed by atoms with Crippen molar-refractivity contribution in [1.29, 1.82) is 0 Å². The number of nitrogens with zero attached hydrogens (tertiary/aromatic N) is 4. The lowest BCUT2D eigenvalue weighted by atomic mass is 9.78. The minimum Gasteiger partial charge on any atom is -0.380 e. The summed E-state index contributed by atoms with van der Waals surface area (Å²) in [5.74, 6) is 2.33. The summed E-state index contributed by atoms with van der Waals surface area (Å²) in [5, 5.41) is 5.08. The predicted octanol–water partition coefficient (Wildman–Crippen LogP) is 4.81. The zero-order chi connectivity index (χ0) is 24.2. The van der Waals surface area contributed by atoms with E-state index in [0.29, 0.717) is 36.4 Å². The van der Waals surface area contributed by atoms with Crippen LogP contribution in [0.1, 0.15) is 73.4 Å². The molecular weight excluding hydrogens is 460 g/mol. The molecule has 8 heteroatoms. The Labute approximate surface area is 213 Å². The van der Waals surface area contributed by atoms with Crippen molar-refractivity contribution in [1.82, 2.24) is 15.0 Å². The largest absolute Gasteiger partial charge is 0.380 e. The molecule has 192 valence electrons. The molecule has 0 spiro atoms. The van der Waals surface area contributed by atoms with Gasteiger partial charge in [0.2, 0.25) is 0 Å². The van der Waals surface area contributed by atoms with Gasteiger partial charge in [-0.1, -0.05) is 18.0 Å². The highest BCUT2D eigenvalue weighted by Gasteiger charge is 2.28. The lowest BCUT2D eigenvalue weighted by Crippen LogP contribution is -2.39. The highest BCUT2D eigenvalue weighted by molar-refractivity contribution is 7.15. The third-order valence-electron chi connectivity index (χ3n) is 8.16. The molecular formula is C27H40N4O3S. The van der Waals surface area contributed by atoms with E-state index < -0.39 is 0 Å². The van der Waals surface area contributed by atoms with Crippen molar-refractivity contribution in [2.75, 3.05) is 38.2 Å². The van der Waals surface area contributed by atoms with Crippen LogP contribution in [0.3, 0.4) is 0 Å². The molecule has 2 aromatic rings. The van der Waals surface area contributed by atoms with E-state index in [9.17, 15) is 4.79 Å². The summed E-state index contributed by atoms with van der Waals surface area (Å²) in [6, 6.07) is 1.87. The number of aromatic nitrogens is 2. The molecule has 0 aromatic carbocycles. The van der Waals surface area contributed by atoms with Crippen LogP contribution in [0.15, 0.2) is 10.6 Å². The van der Waals surface area contributed by atoms with E-state index in [1.165, 1.54) is 60.8 Å². The Balaban J connectivity index is 1.03. The van der Waals surface area contributed by atoms with E-state index in [2.05, 4.69) is 15.0 Å². The van der Waals surface area contributed by atoms with Crippen LogP contribution in [0.4, 0.5) is 5.13 Å². The van der Waals surface area contributed by atoms with Gasteiger partial charge in [0.05, 0.1) is 23.9 Å². The number of thiazole rings is 1. The van der Waals surface area contributed by atoms with Gasteiger partial charge in [-0.25, -0.2) is 4.98 Å². The molecule has 2 aromatic heterocycles. The molecule has 35 heavy (non-hydrogen) atoms. The van der Waals surface area contributed by atoms with Crippen molar-refractivity contribution >= 4 is 22.3 Å². The van der Waals surface area contributed by atoms with Crippen LogP contribution in [-0.4, -0.2) is 60.2 Å². The number of aryl methyl sites for hydroxylation is 1. The number of carbonyl (C=O) groups is 1. The molecule has 1 atom stereocenters. The number of fused-ring (bicyclic) bond motifs is 1. The van der Waals surface area contributed by atoms with E-state index in [0.717, 1.165) is 50.6 Å². The average molecular weight is 501 g/mol. The molecule has 0 N–H and O–H groups in total. The molecule has 1 unspecified atom stereocenters. The summed E-state index contributed by atoms with van der Waals surface area (Å²) >= 11 is 1.90. The van der Waals surface area contributed by atoms with Gasteiger partial charge in [0.1, 0.15) is 11.5 Å². The number of hydrogen-bond donors (Lipinski definition) is 0. The topological polar surface area (TPSA) is 71.7 Å². The molecule has 0 amide bonds. The van der Waals surface area contributed by atoms with Crippen molar-refractivity contribution in [3.63, 3.8) is 0 Å². The first-order valence-electron chi connectivity index (χ1n) is 13.5. The fraction of sp³-hybridized carbons (Fsp3) is 0.741. The third kappa shape index (κ3) is 6.52. The number of anilines is 1. The molecule has 2 fully saturated rings. The molecule has 0 bridgehead atoms. The Hall–Kier alpha value is -1.77. The molecule has 1 saturated heterocycles. The van der Waals surface area contributed by atoms with Crippen LogP contribution in [0.5, 0.6) is 0 Å². The van der Waals surface area contributed by atoms with Crippen molar-refractivity contribution in [2.24, 2.45) is 11.8 Å². The van der Waals surface area contributed by atoms with Crippen molar-refractivity contribution in [2.45, 2.75) is 83.8 Å². The van der Waals surface area contributed by atoms with Gasteiger partial charge in [0.15, 0.2) is 5.13 Å². The molecule has 4 heterocycles. The monoisotopic (exact) mass is 500 g/mol. The number of methoxy groups -OCH3 is 1. The molecule has 1 aliphatic carbocycles. The number of rotatable bonds is 9. The molecule has 5 rings (SSSR count). The van der Waals surface area contributed by atoms with Crippen LogP contribution >= 0.6 is 11.3 Å². The smallest absolute Gasteiger partial charge is 0.185 e. The quantitative estimate of drug-likeness (QED) is 0.489. The summed E-state index contributed by atoms with van der Waals surface area (Å²) in [6.45, 7) is 7.28. The third-order valence-corrected chi connectivity index (χ3v) is 9.38. The second-order valence-corrected chi connectivity index (χ2v) is 11.9. The maximum atomic E-state index is 12.4. The van der Waals surface area contributed by atoms with Crippen molar-refractivity contribution < 1.29 is 14.1 Å². The van der Waals surface area contributed by atoms with E-state index in [-0.39, 0.29) is 0 Å². The first-order valence-corrected chi connectivity index (χ1v) is 14.3. The molecule has 7 nitrogen and oxygen atoms in total. The zero-order valence-electron chi connectivity index (χ0n) is 21.3. The van der Waals surface area contributed by atoms with Gasteiger partial charge in [-0.15, -0.1) is 11.3 Å². The van der Waals surface area contributed by atoms with Crippen LogP contribution in [0.25, 0.3) is 0 Å². The summed E-state index contributed by atoms with van der Waals surface area (Å²) in [7, 11) is 1.83. The Bertz CT molecular complexity index is 981. The standard InChI is InChI=1S/C27H40N4O3S/c1-19-14-24(34-29-19)16-22(32)15-21-7-5-20(6-8-21)9-12-30-13-10-26-25(18-30)28-27(35-26)31-11-3-4-23(17-31)33-2/h14,20-21,23H,3-13,15-18H2,1-2H3. The molecule has 1 saturated carbocycles. The average Bonchev–Trinajstić information content (AvgIpc) is 3.49. The second kappa shape index (κ2) is 11.5. The van der Waals surface area contributed by atoms with Gasteiger partial charge >= 0.3 is 0 Å². The van der Waals surface area contributed by atoms with Crippen LogP contribution in [-0.2, 0) is 28.9 Å². The zero-order valence-corrected chi connectivity index (χ0v) is 22.2. The van der Waals surface area contributed by atoms with Gasteiger partial charge in [-0.2, -0.15) is 0 Å². The number of Topliss-reactive ketones (excluding diaryl/α,β-unsaturated/α-hetero) is 1. The lowest BCUT2D eigenvalue weighted by Gasteiger charge is -2.31. The summed E-state index contributed by atoms with van der Waals surface area (Å²) in [4.78, 5) is 24.0. The summed E-state index contributed by atoms with van der Waals surface area (Å²) < 4.78 is 10.8. The second-order valence-electron chi connectivity index (χ2n) is 10.9.